The first-order valence-corrected chi connectivity index (χ1v) is 12.8. The normalized spacial score (nSPS) is 17.2. The van der Waals surface area contributed by atoms with E-state index in [-0.39, 0.29) is 34.9 Å². The molecule has 5 rings (SSSR count). The van der Waals surface area contributed by atoms with E-state index in [1.54, 1.807) is 24.3 Å². The van der Waals surface area contributed by atoms with Crippen LogP contribution in [0, 0.1) is 5.92 Å². The Bertz CT molecular complexity index is 1470. The smallest absolute Gasteiger partial charge is 0.434 e. The number of benzene rings is 1. The van der Waals surface area contributed by atoms with Crippen LogP contribution in [0.4, 0.5) is 13.2 Å². The lowest BCUT2D eigenvalue weighted by Gasteiger charge is -2.33. The lowest BCUT2D eigenvalue weighted by atomic mass is 9.94. The van der Waals surface area contributed by atoms with Crippen molar-refractivity contribution in [3.8, 4) is 28.7 Å². The maximum absolute atomic E-state index is 14.0. The van der Waals surface area contributed by atoms with Crippen LogP contribution in [0.1, 0.15) is 36.6 Å². The molecule has 210 valence electrons. The molecule has 0 spiro atoms. The molecule has 1 fully saturated rings. The molecule has 4 aromatic rings. The highest BCUT2D eigenvalue weighted by atomic mass is 35.5. The first-order chi connectivity index (χ1) is 19.1. The fraction of sp³-hybridized carbons (Fsp3) is 0.346. The number of hydrogen-bond donors (Lipinski definition) is 2. The van der Waals surface area contributed by atoms with Crippen molar-refractivity contribution >= 4 is 17.6 Å². The molecule has 2 atom stereocenters. The summed E-state index contributed by atoms with van der Waals surface area (Å²) in [6.45, 7) is 1.74. The highest BCUT2D eigenvalue weighted by Crippen LogP contribution is 2.38. The molecule has 10 nitrogen and oxygen atoms in total. The van der Waals surface area contributed by atoms with E-state index >= 15 is 0 Å². The summed E-state index contributed by atoms with van der Waals surface area (Å²) in [7, 11) is 0. The fourth-order valence-corrected chi connectivity index (χ4v) is 4.94. The number of nitrogens with zero attached hydrogens (tertiary/aromatic N) is 6. The number of carboxylic acids is 1. The summed E-state index contributed by atoms with van der Waals surface area (Å²) in [6.07, 6.45) is -1.58. The van der Waals surface area contributed by atoms with Gasteiger partial charge < -0.3 is 19.6 Å². The Morgan fingerprint density at radius 2 is 1.95 bits per heavy atom. The molecule has 1 aromatic carbocycles. The van der Waals surface area contributed by atoms with E-state index < -0.39 is 29.5 Å². The SMILES string of the molecule is O=C(O)CC1CCCN(CC(O)c2ccc(-c3noc(-c4cnn(-c5ccc(Cl)cn5)c4C(F)(F)F)n3)cc2)C1. The van der Waals surface area contributed by atoms with Crippen molar-refractivity contribution in [3.05, 3.63) is 65.1 Å². The molecule has 0 saturated carbocycles. The Labute approximate surface area is 231 Å². The van der Waals surface area contributed by atoms with E-state index in [9.17, 15) is 23.1 Å². The summed E-state index contributed by atoms with van der Waals surface area (Å²) in [5.41, 5.74) is -0.424. The first-order valence-electron chi connectivity index (χ1n) is 12.4. The number of piperidine rings is 1. The topological polar surface area (TPSA) is 130 Å². The van der Waals surface area contributed by atoms with Crippen molar-refractivity contribution in [2.45, 2.75) is 31.5 Å². The van der Waals surface area contributed by atoms with Crippen LogP contribution < -0.4 is 0 Å². The number of likely N-dealkylation sites (tertiary alicyclic amines) is 1. The number of hydrogen-bond acceptors (Lipinski definition) is 8. The number of β-amino-alcohol motifs (C(OH)–C–C–N with tert-alkyl or cyclic N) is 1. The van der Waals surface area contributed by atoms with Crippen molar-refractivity contribution < 1.29 is 32.7 Å². The van der Waals surface area contributed by atoms with Crippen LogP contribution in [0.15, 0.2) is 53.3 Å². The zero-order valence-corrected chi connectivity index (χ0v) is 21.7. The van der Waals surface area contributed by atoms with E-state index in [4.69, 9.17) is 21.2 Å². The number of aromatic nitrogens is 5. The van der Waals surface area contributed by atoms with Crippen molar-refractivity contribution in [1.82, 2.24) is 29.8 Å². The Hall–Kier alpha value is -3.81. The third-order valence-electron chi connectivity index (χ3n) is 6.67. The molecule has 1 saturated heterocycles. The molecule has 3 aromatic heterocycles. The van der Waals surface area contributed by atoms with Crippen molar-refractivity contribution in [3.63, 3.8) is 0 Å². The molecule has 0 aliphatic carbocycles. The average molecular weight is 577 g/mol. The Kier molecular flexibility index (Phi) is 7.88. The minimum atomic E-state index is -4.80. The van der Waals surface area contributed by atoms with Gasteiger partial charge in [0.15, 0.2) is 11.5 Å². The molecule has 1 aliphatic heterocycles. The van der Waals surface area contributed by atoms with Crippen molar-refractivity contribution in [2.24, 2.45) is 5.92 Å². The van der Waals surface area contributed by atoms with Gasteiger partial charge in [-0.3, -0.25) is 4.79 Å². The lowest BCUT2D eigenvalue weighted by molar-refractivity contribution is -0.142. The van der Waals surface area contributed by atoms with Gasteiger partial charge in [-0.05, 0) is 43.0 Å². The molecule has 2 N–H and O–H groups in total. The van der Waals surface area contributed by atoms with Crippen LogP contribution in [-0.2, 0) is 11.0 Å². The summed E-state index contributed by atoms with van der Waals surface area (Å²) in [5.74, 6) is -1.16. The van der Waals surface area contributed by atoms with Gasteiger partial charge in [-0.2, -0.15) is 23.3 Å². The van der Waals surface area contributed by atoms with Crippen LogP contribution >= 0.6 is 11.6 Å². The molecule has 0 amide bonds. The standard InChI is InChI=1S/C26H24ClF3N6O4/c27-18-7-8-21(31-11-18)36-23(26(28,29)30)19(12-32-36)25-33-24(34-40-25)17-5-3-16(4-6-17)20(37)14-35-9-1-2-15(13-35)10-22(38)39/h3-8,11-12,15,20,37H,1-2,9-10,13-14H2,(H,38,39). The number of aliphatic hydroxyl groups excluding tert-OH is 1. The molecule has 40 heavy (non-hydrogen) atoms. The third-order valence-corrected chi connectivity index (χ3v) is 6.90. The first kappa shape index (κ1) is 27.7. The maximum atomic E-state index is 14.0. The van der Waals surface area contributed by atoms with Gasteiger partial charge in [0.2, 0.25) is 5.82 Å². The average Bonchev–Trinajstić information content (AvgIpc) is 3.57. The predicted molar refractivity (Wildman–Crippen MR) is 136 cm³/mol. The van der Waals surface area contributed by atoms with Crippen LogP contribution in [0.2, 0.25) is 5.02 Å². The summed E-state index contributed by atoms with van der Waals surface area (Å²) >= 11 is 5.80. The second kappa shape index (κ2) is 11.4. The predicted octanol–water partition coefficient (Wildman–Crippen LogP) is 4.88. The van der Waals surface area contributed by atoms with Gasteiger partial charge >= 0.3 is 12.1 Å². The van der Waals surface area contributed by atoms with Gasteiger partial charge in [0, 0.05) is 31.3 Å². The highest BCUT2D eigenvalue weighted by Gasteiger charge is 2.41. The number of alkyl halides is 3. The quantitative estimate of drug-likeness (QED) is 0.301. The van der Waals surface area contributed by atoms with E-state index in [0.29, 0.717) is 28.9 Å². The second-order valence-electron chi connectivity index (χ2n) is 9.58. The molecule has 4 heterocycles. The zero-order chi connectivity index (χ0) is 28.4. The van der Waals surface area contributed by atoms with Gasteiger partial charge in [-0.15, -0.1) is 0 Å². The van der Waals surface area contributed by atoms with Gasteiger partial charge in [0.25, 0.3) is 5.89 Å². The summed E-state index contributed by atoms with van der Waals surface area (Å²) < 4.78 is 47.9. The second-order valence-corrected chi connectivity index (χ2v) is 10.0. The van der Waals surface area contributed by atoms with Gasteiger partial charge in [0.1, 0.15) is 0 Å². The Morgan fingerprint density at radius 3 is 2.62 bits per heavy atom. The van der Waals surface area contributed by atoms with E-state index in [0.717, 1.165) is 25.6 Å². The van der Waals surface area contributed by atoms with Gasteiger partial charge in [-0.25, -0.2) is 9.67 Å². The van der Waals surface area contributed by atoms with Crippen molar-refractivity contribution in [2.75, 3.05) is 19.6 Å². The minimum absolute atomic E-state index is 0.0562. The number of pyridine rings is 1. The monoisotopic (exact) mass is 576 g/mol. The number of carbonyl (C=O) groups is 1. The molecule has 0 radical (unpaired) electrons. The molecular formula is C26H24ClF3N6O4. The molecule has 1 aliphatic rings. The Balaban J connectivity index is 1.32. The third kappa shape index (κ3) is 6.16. The molecule has 0 bridgehead atoms. The van der Waals surface area contributed by atoms with Crippen LogP contribution in [0.5, 0.6) is 0 Å². The van der Waals surface area contributed by atoms with Crippen LogP contribution in [-0.4, -0.2) is 65.6 Å². The number of halogens is 4. The number of aliphatic carboxylic acids is 1. The van der Waals surface area contributed by atoms with Gasteiger partial charge in [0.05, 0.1) is 22.9 Å². The highest BCUT2D eigenvalue weighted by molar-refractivity contribution is 6.30. The van der Waals surface area contributed by atoms with Crippen LogP contribution in [0.25, 0.3) is 28.7 Å². The van der Waals surface area contributed by atoms with E-state index in [2.05, 4.69) is 25.1 Å². The summed E-state index contributed by atoms with van der Waals surface area (Å²) in [5, 5.41) is 27.7. The number of carboxylic acid groups (broad SMARTS) is 1. The van der Waals surface area contributed by atoms with E-state index in [1.165, 1.54) is 18.3 Å². The molecule has 2 unspecified atom stereocenters. The zero-order valence-electron chi connectivity index (χ0n) is 20.9. The Morgan fingerprint density at radius 1 is 1.18 bits per heavy atom. The van der Waals surface area contributed by atoms with Crippen LogP contribution in [0.3, 0.4) is 0 Å². The fourth-order valence-electron chi connectivity index (χ4n) is 4.83. The number of aliphatic hydroxyl groups is 1. The van der Waals surface area contributed by atoms with E-state index in [1.807, 2.05) is 0 Å². The largest absolute Gasteiger partial charge is 0.481 e. The van der Waals surface area contributed by atoms with Gasteiger partial charge in [-0.1, -0.05) is 41.0 Å². The number of rotatable bonds is 8. The molecule has 14 heteroatoms. The minimum Gasteiger partial charge on any atom is -0.481 e. The van der Waals surface area contributed by atoms with Crippen molar-refractivity contribution in [1.29, 1.82) is 0 Å². The lowest BCUT2D eigenvalue weighted by Crippen LogP contribution is -2.38. The maximum Gasteiger partial charge on any atom is 0.434 e. The molecular weight excluding hydrogens is 553 g/mol. The summed E-state index contributed by atoms with van der Waals surface area (Å²) in [6, 6.07) is 9.35. The summed E-state index contributed by atoms with van der Waals surface area (Å²) in [4.78, 5) is 21.2.